The molecule has 0 N–H and O–H groups in total. The summed E-state index contributed by atoms with van der Waals surface area (Å²) in [5.74, 6) is 0. The van der Waals surface area contributed by atoms with Crippen LogP contribution >= 0.6 is 24.2 Å². The summed E-state index contributed by atoms with van der Waals surface area (Å²) in [6.45, 7) is 7.41. The third-order valence-corrected chi connectivity index (χ3v) is 9.64. The van der Waals surface area contributed by atoms with Crippen LogP contribution < -0.4 is 0 Å². The molecule has 2 fully saturated rings. The molecule has 0 unspecified atom stereocenters. The van der Waals surface area contributed by atoms with Crippen molar-refractivity contribution in [2.45, 2.75) is 60.3 Å². The zero-order valence-electron chi connectivity index (χ0n) is 18.6. The number of sulfonamides is 1. The van der Waals surface area contributed by atoms with Crippen LogP contribution in [0.3, 0.4) is 0 Å². The number of halogens is 1. The van der Waals surface area contributed by atoms with E-state index in [1.807, 2.05) is 13.8 Å². The molecule has 0 saturated carbocycles. The summed E-state index contributed by atoms with van der Waals surface area (Å²) in [5, 5.41) is 9.38. The van der Waals surface area contributed by atoms with Gasteiger partial charge in [-0.1, -0.05) is 23.9 Å². The molecule has 0 aromatic heterocycles. The van der Waals surface area contributed by atoms with Crippen molar-refractivity contribution >= 4 is 34.2 Å². The van der Waals surface area contributed by atoms with Crippen molar-refractivity contribution < 1.29 is 8.42 Å². The Kier molecular flexibility index (Phi) is 8.29. The minimum atomic E-state index is -3.67. The summed E-state index contributed by atoms with van der Waals surface area (Å²) in [4.78, 5) is 4.47. The molecule has 0 aliphatic carbocycles. The molecule has 0 amide bonds. The largest absolute Gasteiger partial charge is 0.300 e. The maximum atomic E-state index is 13.6. The van der Waals surface area contributed by atoms with E-state index in [2.05, 4.69) is 29.2 Å². The number of piperidine rings is 1. The molecule has 5 nitrogen and oxygen atoms in total. The normalized spacial score (nSPS) is 18.3. The number of nitriles is 1. The van der Waals surface area contributed by atoms with Crippen LogP contribution in [0.15, 0.2) is 51.1 Å². The van der Waals surface area contributed by atoms with Crippen molar-refractivity contribution in [2.75, 3.05) is 26.2 Å². The Morgan fingerprint density at radius 1 is 0.969 bits per heavy atom. The quantitative estimate of drug-likeness (QED) is 0.589. The maximum Gasteiger partial charge on any atom is 0.244 e. The second-order valence-electron chi connectivity index (χ2n) is 8.52. The lowest BCUT2D eigenvalue weighted by molar-refractivity contribution is 0.167. The number of rotatable bonds is 5. The van der Waals surface area contributed by atoms with Crippen LogP contribution in [0.2, 0.25) is 0 Å². The summed E-state index contributed by atoms with van der Waals surface area (Å²) in [6.07, 6.45) is 4.24. The molecule has 0 bridgehead atoms. The first-order valence-corrected chi connectivity index (χ1v) is 13.2. The maximum absolute atomic E-state index is 13.6. The first-order valence-electron chi connectivity index (χ1n) is 10.9. The Balaban J connectivity index is 0.00000289. The molecule has 0 radical (unpaired) electrons. The Bertz CT molecular complexity index is 1100. The number of hydrogen-bond acceptors (Lipinski definition) is 5. The Hall–Kier alpha value is -1.56. The molecule has 172 valence electrons. The van der Waals surface area contributed by atoms with Crippen molar-refractivity contribution in [3.8, 4) is 6.07 Å². The fraction of sp³-hybridized carbons (Fsp3) is 0.458. The fourth-order valence-electron chi connectivity index (χ4n) is 4.49. The smallest absolute Gasteiger partial charge is 0.244 e. The van der Waals surface area contributed by atoms with Crippen molar-refractivity contribution in [3.63, 3.8) is 0 Å². The van der Waals surface area contributed by atoms with Crippen LogP contribution in [-0.4, -0.2) is 49.8 Å². The predicted octanol–water partition coefficient (Wildman–Crippen LogP) is 5.00. The number of benzene rings is 2. The van der Waals surface area contributed by atoms with Crippen molar-refractivity contribution in [2.24, 2.45) is 0 Å². The van der Waals surface area contributed by atoms with E-state index in [9.17, 15) is 13.7 Å². The zero-order valence-corrected chi connectivity index (χ0v) is 21.0. The molecule has 0 atom stereocenters. The van der Waals surface area contributed by atoms with Crippen LogP contribution in [0.1, 0.15) is 42.4 Å². The molecular formula is C24H30ClN3O2S2. The van der Waals surface area contributed by atoms with Gasteiger partial charge in [0.25, 0.3) is 0 Å². The highest BCUT2D eigenvalue weighted by atomic mass is 35.5. The first kappa shape index (κ1) is 25.1. The molecule has 2 aromatic rings. The average molecular weight is 492 g/mol. The highest BCUT2D eigenvalue weighted by Crippen LogP contribution is 2.37. The van der Waals surface area contributed by atoms with E-state index in [-0.39, 0.29) is 17.3 Å². The summed E-state index contributed by atoms with van der Waals surface area (Å²) in [5.41, 5.74) is 2.61. The van der Waals surface area contributed by atoms with E-state index < -0.39 is 10.0 Å². The van der Waals surface area contributed by atoms with Gasteiger partial charge in [0, 0.05) is 28.9 Å². The van der Waals surface area contributed by atoms with Crippen molar-refractivity contribution in [3.05, 3.63) is 53.1 Å². The van der Waals surface area contributed by atoms with Crippen LogP contribution in [0.4, 0.5) is 0 Å². The summed E-state index contributed by atoms with van der Waals surface area (Å²) in [6, 6.07) is 13.8. The molecule has 32 heavy (non-hydrogen) atoms. The molecule has 2 aliphatic heterocycles. The third-order valence-electron chi connectivity index (χ3n) is 6.33. The SMILES string of the molecule is Cc1ccc(C)c(Sc2ccc(C#N)cc2S(=O)(=O)N2CCC(N3CCCC3)CC2)c1.Cl. The fourth-order valence-corrected chi connectivity index (χ4v) is 7.51. The Labute approximate surface area is 202 Å². The van der Waals surface area contributed by atoms with Gasteiger partial charge in [0.15, 0.2) is 0 Å². The van der Waals surface area contributed by atoms with E-state index in [1.54, 1.807) is 16.4 Å². The minimum Gasteiger partial charge on any atom is -0.300 e. The van der Waals surface area contributed by atoms with Crippen LogP contribution in [0.5, 0.6) is 0 Å². The topological polar surface area (TPSA) is 64.4 Å². The van der Waals surface area contributed by atoms with Crippen molar-refractivity contribution in [1.29, 1.82) is 5.26 Å². The third kappa shape index (κ3) is 5.32. The molecule has 2 aliphatic rings. The van der Waals surface area contributed by atoms with Gasteiger partial charge in [-0.2, -0.15) is 9.57 Å². The summed E-state index contributed by atoms with van der Waals surface area (Å²) in [7, 11) is -3.67. The number of nitrogens with zero attached hydrogens (tertiary/aromatic N) is 3. The molecule has 8 heteroatoms. The number of hydrogen-bond donors (Lipinski definition) is 0. The van der Waals surface area contributed by atoms with Gasteiger partial charge in [0.2, 0.25) is 10.0 Å². The second kappa shape index (κ2) is 10.6. The van der Waals surface area contributed by atoms with Gasteiger partial charge < -0.3 is 4.90 Å². The second-order valence-corrected chi connectivity index (χ2v) is 11.5. The van der Waals surface area contributed by atoms with Gasteiger partial charge >= 0.3 is 0 Å². The van der Waals surface area contributed by atoms with Gasteiger partial charge in [-0.3, -0.25) is 0 Å². The lowest BCUT2D eigenvalue weighted by atomic mass is 10.1. The minimum absolute atomic E-state index is 0. The number of likely N-dealkylation sites (tertiary alicyclic amines) is 1. The molecule has 4 rings (SSSR count). The molecule has 2 saturated heterocycles. The zero-order chi connectivity index (χ0) is 22.0. The van der Waals surface area contributed by atoms with Gasteiger partial charge in [-0.15, -0.1) is 12.4 Å². The standard InChI is InChI=1S/C24H29N3O2S2.ClH/c1-18-5-6-19(2)23(15-18)30-22-8-7-20(17-25)16-24(22)31(28,29)27-13-9-21(10-14-27)26-11-3-4-12-26;/h5-8,15-16,21H,3-4,9-14H2,1-2H3;1H. The van der Waals surface area contributed by atoms with E-state index in [4.69, 9.17) is 0 Å². The van der Waals surface area contributed by atoms with Crippen LogP contribution in [0.25, 0.3) is 0 Å². The van der Waals surface area contributed by atoms with Gasteiger partial charge in [0.1, 0.15) is 0 Å². The van der Waals surface area contributed by atoms with E-state index in [1.165, 1.54) is 30.7 Å². The summed E-state index contributed by atoms with van der Waals surface area (Å²) >= 11 is 1.46. The molecular weight excluding hydrogens is 462 g/mol. The van der Waals surface area contributed by atoms with Crippen molar-refractivity contribution in [1.82, 2.24) is 9.21 Å². The van der Waals surface area contributed by atoms with Gasteiger partial charge in [-0.25, -0.2) is 8.42 Å². The van der Waals surface area contributed by atoms with Crippen LogP contribution in [-0.2, 0) is 10.0 Å². The van der Waals surface area contributed by atoms with E-state index >= 15 is 0 Å². The lowest BCUT2D eigenvalue weighted by Crippen LogP contribution is -2.45. The van der Waals surface area contributed by atoms with Gasteiger partial charge in [-0.05, 0) is 88.0 Å². The lowest BCUT2D eigenvalue weighted by Gasteiger charge is -2.36. The monoisotopic (exact) mass is 491 g/mol. The van der Waals surface area contributed by atoms with Gasteiger partial charge in [0.05, 0.1) is 16.5 Å². The Morgan fingerprint density at radius 2 is 1.66 bits per heavy atom. The molecule has 2 aromatic carbocycles. The summed E-state index contributed by atoms with van der Waals surface area (Å²) < 4.78 is 28.9. The molecule has 2 heterocycles. The first-order chi connectivity index (χ1) is 14.9. The molecule has 0 spiro atoms. The van der Waals surface area contributed by atoms with E-state index in [0.29, 0.717) is 29.6 Å². The van der Waals surface area contributed by atoms with E-state index in [0.717, 1.165) is 42.0 Å². The highest BCUT2D eigenvalue weighted by Gasteiger charge is 2.34. The predicted molar refractivity (Wildman–Crippen MR) is 131 cm³/mol. The Morgan fingerprint density at radius 3 is 2.31 bits per heavy atom. The van der Waals surface area contributed by atoms with Crippen LogP contribution in [0, 0.1) is 25.2 Å². The average Bonchev–Trinajstić information content (AvgIpc) is 3.31. The highest BCUT2D eigenvalue weighted by molar-refractivity contribution is 8.00. The number of aryl methyl sites for hydroxylation is 2.